The Morgan fingerprint density at radius 2 is 0.641 bits per heavy atom. The van der Waals surface area contributed by atoms with E-state index in [1.807, 2.05) is 0 Å². The molecular formula is C83H156N40O21S. The predicted octanol–water partition coefficient (Wildman–Crippen LogP) is -13.5. The molecule has 0 radical (unpaired) electrons. The van der Waals surface area contributed by atoms with Crippen LogP contribution < -0.4 is 175 Å². The molecular weight excluding hydrogens is 1930 g/mol. The number of aliphatic hydroxyl groups excluding tert-OH is 1. The fraction of sp³-hybridized carbons (Fsp3) is 0.699. The van der Waals surface area contributed by atoms with Crippen molar-refractivity contribution >= 4 is 160 Å². The first-order valence-corrected chi connectivity index (χ1v) is 48.9. The van der Waals surface area contributed by atoms with Crippen molar-refractivity contribution < 1.29 is 102 Å². The Balaban J connectivity index is 3.82. The van der Waals surface area contributed by atoms with Gasteiger partial charge in [-0.3, -0.25) is 125 Å². The number of carbonyl (C=O) groups excluding carboxylic acids is 16. The number of carboxylic acids is 2. The number of aliphatic carboxylic acids is 2. The van der Waals surface area contributed by atoms with Crippen molar-refractivity contribution in [2.45, 2.75) is 272 Å². The molecule has 1 fully saturated rings. The number of nitrogens with two attached hydrogens (primary N) is 10. The molecule has 15 atom stereocenters. The number of nitrogens with one attached hydrogen (secondary N) is 29. The monoisotopic (exact) mass is 2080 g/mol. The van der Waals surface area contributed by atoms with Crippen LogP contribution in [-0.4, -0.2) is 343 Å². The van der Waals surface area contributed by atoms with E-state index in [0.717, 1.165) is 0 Å². The molecule has 0 spiro atoms. The van der Waals surface area contributed by atoms with Crippen molar-refractivity contribution in [3.8, 4) is 0 Å². The smallest absolute Gasteiger partial charge is 0.326 e. The number of rotatable bonds is 75. The molecule has 0 unspecified atom stereocenters. The van der Waals surface area contributed by atoms with E-state index in [2.05, 4.69) is 117 Å². The van der Waals surface area contributed by atoms with Gasteiger partial charge in [0.05, 0.1) is 13.2 Å². The number of hydrazine groups is 1. The Bertz CT molecular complexity index is 4330. The van der Waals surface area contributed by atoms with E-state index in [0.29, 0.717) is 0 Å². The number of amides is 16. The van der Waals surface area contributed by atoms with Crippen molar-refractivity contribution in [3.63, 3.8) is 0 Å². The SMILES string of the molecule is CSCC[C@H](NC(=O)[C@H](CCCNC(=N)N)NC(=O)[C@H](CCC(=O)O)NN)C(=O)N[C@@H](CCCNC(=N)N)C(=O)N1CCC[C@H]1C(=O)N[C@@H](CCCNC(=N)N)C(=O)N[C@@H](CCCCN)C(=O)N[C@@H](CCCNC(=N)N)C(=O)N[C@@H](CCC(N)=O)C(=O)NCC(=O)N[C@@H](CO)C(=O)N[C@H](C(=O)N[C@@H](CCCNC(=N)N)C(=O)N[C@@H](CCCNC(=N)N)C(=O)N[C@@H](CCCNC(=N)N)C(=O)N[C@H](C(=O)O)C(C)C)C(C)C. The number of hydrogen-bond donors (Lipinski definition) is 42. The van der Waals surface area contributed by atoms with Crippen LogP contribution in [-0.2, 0) is 86.3 Å². The summed E-state index contributed by atoms with van der Waals surface area (Å²) in [7, 11) is 0. The van der Waals surface area contributed by atoms with Crippen molar-refractivity contribution in [1.29, 1.82) is 37.9 Å². The number of carbonyl (C=O) groups is 18. The van der Waals surface area contributed by atoms with Crippen LogP contribution in [0.25, 0.3) is 0 Å². The summed E-state index contributed by atoms with van der Waals surface area (Å²) in [5, 5.41) is 137. The number of thioether (sulfide) groups is 1. The summed E-state index contributed by atoms with van der Waals surface area (Å²) in [6.07, 6.45) is -0.833. The number of aliphatic hydroxyl groups is 1. The van der Waals surface area contributed by atoms with Crippen LogP contribution in [0.2, 0.25) is 0 Å². The minimum Gasteiger partial charge on any atom is -0.481 e. The van der Waals surface area contributed by atoms with Gasteiger partial charge in [0.15, 0.2) is 41.7 Å². The van der Waals surface area contributed by atoms with Crippen molar-refractivity contribution in [3.05, 3.63) is 0 Å². The van der Waals surface area contributed by atoms with E-state index < -0.39 is 277 Å². The largest absolute Gasteiger partial charge is 0.481 e. The maximum atomic E-state index is 15.1. The molecule has 1 aliphatic rings. The van der Waals surface area contributed by atoms with Gasteiger partial charge in [-0.1, -0.05) is 27.7 Å². The molecule has 820 valence electrons. The van der Waals surface area contributed by atoms with Gasteiger partial charge in [-0.2, -0.15) is 11.8 Å². The minimum absolute atomic E-state index is 0.000824. The van der Waals surface area contributed by atoms with E-state index >= 15 is 4.79 Å². The van der Waals surface area contributed by atoms with E-state index in [-0.39, 0.29) is 205 Å². The molecule has 0 aromatic rings. The lowest BCUT2D eigenvalue weighted by atomic mass is 10.0. The first-order chi connectivity index (χ1) is 68.4. The molecule has 145 heavy (non-hydrogen) atoms. The van der Waals surface area contributed by atoms with Gasteiger partial charge in [0, 0.05) is 65.2 Å². The van der Waals surface area contributed by atoms with Gasteiger partial charge < -0.3 is 183 Å². The molecule has 0 aromatic heterocycles. The van der Waals surface area contributed by atoms with Gasteiger partial charge in [-0.15, -0.1) is 0 Å². The summed E-state index contributed by atoms with van der Waals surface area (Å²) >= 11 is 1.30. The zero-order valence-corrected chi connectivity index (χ0v) is 83.4. The Hall–Kier alpha value is -14.5. The second-order valence-corrected chi connectivity index (χ2v) is 35.7. The third-order valence-electron chi connectivity index (χ3n) is 22.2. The van der Waals surface area contributed by atoms with Crippen LogP contribution in [0.1, 0.15) is 182 Å². The number of unbranched alkanes of at least 4 members (excludes halogenated alkanes) is 1. The maximum Gasteiger partial charge on any atom is 0.326 e. The molecule has 1 rings (SSSR count). The summed E-state index contributed by atoms with van der Waals surface area (Å²) in [5.74, 6) is -17.1. The standard InChI is InChI=1S/C83H156N40O21S/c1-42(2)60(74(141)118-49(21-12-35-105-81(94)95)68(135)112-45(17-8-31-101-77(86)87)64(131)113-50(22-13-36-106-82(96)97)70(137)121-61(43(3)4)76(143)144)120-72(139)55(41-124)109-58(126)40-108-62(129)51(25-27-57(85)125)115-65(132)46(18-9-32-102-78(88)89)111-63(130)44(16-6-7-30-84)110-67(134)48(20-11-34-104-80(92)93)117-73(140)56-24-15-38-123(56)75(142)54(23-14-37-107-83(98)99)119-69(136)52(29-39-145-5)116-66(133)47(19-10-33-103-79(90)91)114-71(138)53(122-100)26-28-59(127)128/h42-56,60-61,122,124H,6-41,84,100H2,1-5H3,(H2,85,125)(H,108,129)(H,109,126)(H,110,134)(H,111,130)(H,112,135)(H,113,131)(H,114,138)(H,115,132)(H,116,133)(H,117,140)(H,118,141)(H,119,136)(H,120,139)(H,121,137)(H,127,128)(H,143,144)(H4,86,87,101)(H4,88,89,102)(H4,90,91,103)(H4,92,93,104)(H4,94,95,105)(H4,96,97,106)(H4,98,99,107)/t44-,45-,46-,47-,48-,49-,50-,51-,52-,53-,54-,55-,56-,60-,61-/m0/s1. The van der Waals surface area contributed by atoms with E-state index in [4.69, 9.17) is 95.3 Å². The first-order valence-electron chi connectivity index (χ1n) is 47.5. The lowest BCUT2D eigenvalue weighted by Crippen LogP contribution is -2.61. The number of likely N-dealkylation sites (tertiary alicyclic amines) is 1. The minimum atomic E-state index is -1.89. The molecule has 61 nitrogen and oxygen atoms in total. The summed E-state index contributed by atoms with van der Waals surface area (Å²) in [4.78, 5) is 253. The normalized spacial score (nSPS) is 14.9. The molecule has 1 saturated heterocycles. The summed E-state index contributed by atoms with van der Waals surface area (Å²) in [5.41, 5.74) is 52.2. The fourth-order valence-electron chi connectivity index (χ4n) is 14.5. The first kappa shape index (κ1) is 129. The van der Waals surface area contributed by atoms with Crippen LogP contribution >= 0.6 is 11.8 Å². The van der Waals surface area contributed by atoms with Gasteiger partial charge in [0.1, 0.15) is 90.6 Å². The lowest BCUT2D eigenvalue weighted by molar-refractivity contribution is -0.143. The molecule has 1 aliphatic heterocycles. The van der Waals surface area contributed by atoms with Crippen LogP contribution in [0.5, 0.6) is 0 Å². The average molecular weight is 2080 g/mol. The average Bonchev–Trinajstić information content (AvgIpc) is 1.15. The zero-order chi connectivity index (χ0) is 110. The molecule has 0 saturated carbocycles. The summed E-state index contributed by atoms with van der Waals surface area (Å²) in [6, 6.07) is -22.8. The Kier molecular flexibility index (Phi) is 63.0. The van der Waals surface area contributed by atoms with Gasteiger partial charge in [-0.25, -0.2) is 10.2 Å². The highest BCUT2D eigenvalue weighted by atomic mass is 32.2. The molecule has 52 N–H and O–H groups in total. The van der Waals surface area contributed by atoms with Crippen molar-refractivity contribution in [2.24, 2.45) is 69.3 Å². The van der Waals surface area contributed by atoms with Crippen LogP contribution in [0.4, 0.5) is 0 Å². The number of primary amides is 1. The third-order valence-corrected chi connectivity index (χ3v) is 22.8. The topological polar surface area (TPSA) is 1060 Å². The highest BCUT2D eigenvalue weighted by Crippen LogP contribution is 2.22. The molecule has 16 amide bonds. The second kappa shape index (κ2) is 71.1. The van der Waals surface area contributed by atoms with Gasteiger partial charge >= 0.3 is 11.9 Å². The lowest BCUT2D eigenvalue weighted by Gasteiger charge is -2.31. The van der Waals surface area contributed by atoms with Crippen LogP contribution in [0, 0.1) is 49.7 Å². The highest BCUT2D eigenvalue weighted by Gasteiger charge is 2.43. The summed E-state index contributed by atoms with van der Waals surface area (Å²) < 4.78 is 0. The number of hydrogen-bond acceptors (Lipinski definition) is 30. The predicted molar refractivity (Wildman–Crippen MR) is 534 cm³/mol. The van der Waals surface area contributed by atoms with Gasteiger partial charge in [0.25, 0.3) is 0 Å². The highest BCUT2D eigenvalue weighted by molar-refractivity contribution is 7.98. The van der Waals surface area contributed by atoms with E-state index in [1.165, 1.54) is 44.4 Å². The van der Waals surface area contributed by atoms with Gasteiger partial charge in [0.2, 0.25) is 94.5 Å². The van der Waals surface area contributed by atoms with Crippen molar-refractivity contribution in [1.82, 2.24) is 122 Å². The van der Waals surface area contributed by atoms with Crippen LogP contribution in [0.3, 0.4) is 0 Å². The van der Waals surface area contributed by atoms with Crippen LogP contribution in [0.15, 0.2) is 0 Å². The Labute approximate surface area is 843 Å². The molecule has 62 heteroatoms. The number of carboxylic acid groups (broad SMARTS) is 2. The second-order valence-electron chi connectivity index (χ2n) is 34.7. The Morgan fingerprint density at radius 1 is 0.345 bits per heavy atom. The zero-order valence-electron chi connectivity index (χ0n) is 82.6. The molecule has 0 aliphatic carbocycles. The van der Waals surface area contributed by atoms with E-state index in [1.54, 1.807) is 6.26 Å². The quantitative estimate of drug-likeness (QED) is 0.00884. The molecule has 1 heterocycles. The van der Waals surface area contributed by atoms with Gasteiger partial charge in [-0.05, 0) is 172 Å². The third kappa shape index (κ3) is 54.6. The Morgan fingerprint density at radius 3 is 0.959 bits per heavy atom. The maximum absolute atomic E-state index is 15.1. The van der Waals surface area contributed by atoms with Crippen molar-refractivity contribution in [2.75, 3.05) is 84.1 Å². The fourth-order valence-corrected chi connectivity index (χ4v) is 14.9. The molecule has 0 aromatic carbocycles. The van der Waals surface area contributed by atoms with E-state index in [9.17, 15) is 96.8 Å². The number of nitrogens with zero attached hydrogens (tertiary/aromatic N) is 1. The molecule has 0 bridgehead atoms. The summed E-state index contributed by atoms with van der Waals surface area (Å²) in [6.45, 7) is 3.83. The number of guanidine groups is 7.